The molecule has 0 aromatic rings. The Bertz CT molecular complexity index is 177. The van der Waals surface area contributed by atoms with Gasteiger partial charge in [0.15, 0.2) is 0 Å². The number of rotatable bonds is 4. The quantitative estimate of drug-likeness (QED) is 0.635. The van der Waals surface area contributed by atoms with Crippen LogP contribution < -0.4 is 10.6 Å². The summed E-state index contributed by atoms with van der Waals surface area (Å²) in [6.07, 6.45) is 2.08. The molecule has 0 aromatic carbocycles. The molecule has 0 aliphatic carbocycles. The van der Waals surface area contributed by atoms with Crippen molar-refractivity contribution in [2.45, 2.75) is 25.8 Å². The van der Waals surface area contributed by atoms with E-state index in [1.54, 1.807) is 7.11 Å². The minimum atomic E-state index is 0.142. The fourth-order valence-electron chi connectivity index (χ4n) is 1.64. The monoisotopic (exact) mass is 200 g/mol. The number of nitrogens with one attached hydrogen (secondary N) is 2. The summed E-state index contributed by atoms with van der Waals surface area (Å²) in [4.78, 5) is 11.6. The van der Waals surface area contributed by atoms with Crippen LogP contribution >= 0.6 is 0 Å². The normalized spacial score (nSPS) is 27.3. The third-order valence-corrected chi connectivity index (χ3v) is 2.64. The zero-order chi connectivity index (χ0) is 10.4. The predicted molar refractivity (Wildman–Crippen MR) is 55.1 cm³/mol. The average molecular weight is 200 g/mol. The lowest BCUT2D eigenvalue weighted by Crippen LogP contribution is -2.44. The largest absolute Gasteiger partial charge is 0.383 e. The fourth-order valence-corrected chi connectivity index (χ4v) is 1.64. The van der Waals surface area contributed by atoms with Gasteiger partial charge in [-0.05, 0) is 19.8 Å². The molecule has 0 bridgehead atoms. The van der Waals surface area contributed by atoms with Gasteiger partial charge in [-0.2, -0.15) is 0 Å². The highest BCUT2D eigenvalue weighted by Gasteiger charge is 2.23. The molecule has 1 aliphatic heterocycles. The van der Waals surface area contributed by atoms with Crippen LogP contribution in [-0.2, 0) is 9.53 Å². The van der Waals surface area contributed by atoms with Crippen molar-refractivity contribution in [2.24, 2.45) is 5.92 Å². The number of hydrogen-bond acceptors (Lipinski definition) is 3. The van der Waals surface area contributed by atoms with E-state index in [-0.39, 0.29) is 11.8 Å². The Morgan fingerprint density at radius 2 is 2.36 bits per heavy atom. The predicted octanol–water partition coefficient (Wildman–Crippen LogP) is 0.137. The number of carbonyl (C=O) groups is 1. The lowest BCUT2D eigenvalue weighted by molar-refractivity contribution is -0.125. The number of piperidine rings is 1. The highest BCUT2D eigenvalue weighted by Crippen LogP contribution is 2.13. The molecule has 0 saturated carbocycles. The molecule has 1 heterocycles. The summed E-state index contributed by atoms with van der Waals surface area (Å²) in [5, 5.41) is 6.18. The number of hydrogen-bond donors (Lipinski definition) is 2. The van der Waals surface area contributed by atoms with Gasteiger partial charge in [0, 0.05) is 26.2 Å². The second-order valence-corrected chi connectivity index (χ2v) is 3.87. The standard InChI is InChI=1S/C10H20N2O2/c1-8-3-4-9(7-12-8)10(13)11-5-6-14-2/h8-9,12H,3-7H2,1-2H3,(H,11,13)/t8-,9-/m1/s1. The molecule has 1 saturated heterocycles. The maximum absolute atomic E-state index is 11.6. The maximum atomic E-state index is 11.6. The number of methoxy groups -OCH3 is 1. The van der Waals surface area contributed by atoms with Crippen LogP contribution in [0, 0.1) is 5.92 Å². The summed E-state index contributed by atoms with van der Waals surface area (Å²) in [5.74, 6) is 0.296. The first kappa shape index (κ1) is 11.5. The molecular weight excluding hydrogens is 180 g/mol. The molecule has 1 rings (SSSR count). The molecule has 0 aromatic heterocycles. The van der Waals surface area contributed by atoms with Crippen molar-refractivity contribution in [3.05, 3.63) is 0 Å². The van der Waals surface area contributed by atoms with Gasteiger partial charge in [-0.1, -0.05) is 0 Å². The summed E-state index contributed by atoms with van der Waals surface area (Å²) in [5.41, 5.74) is 0. The molecule has 1 amide bonds. The minimum Gasteiger partial charge on any atom is -0.383 e. The Morgan fingerprint density at radius 3 is 2.93 bits per heavy atom. The van der Waals surface area contributed by atoms with Crippen molar-refractivity contribution >= 4 is 5.91 Å². The van der Waals surface area contributed by atoms with Gasteiger partial charge in [-0.15, -0.1) is 0 Å². The molecule has 82 valence electrons. The Balaban J connectivity index is 2.17. The number of amides is 1. The number of ether oxygens (including phenoxy) is 1. The van der Waals surface area contributed by atoms with Gasteiger partial charge in [0.2, 0.25) is 5.91 Å². The summed E-state index contributed by atoms with van der Waals surface area (Å²) in [7, 11) is 1.63. The topological polar surface area (TPSA) is 50.4 Å². The molecule has 4 heteroatoms. The van der Waals surface area contributed by atoms with E-state index in [1.165, 1.54) is 0 Å². The van der Waals surface area contributed by atoms with E-state index in [9.17, 15) is 4.79 Å². The van der Waals surface area contributed by atoms with Crippen LogP contribution in [0.1, 0.15) is 19.8 Å². The second-order valence-electron chi connectivity index (χ2n) is 3.87. The van der Waals surface area contributed by atoms with E-state index >= 15 is 0 Å². The number of carbonyl (C=O) groups excluding carboxylic acids is 1. The maximum Gasteiger partial charge on any atom is 0.224 e. The van der Waals surface area contributed by atoms with Gasteiger partial charge in [0.1, 0.15) is 0 Å². The Hall–Kier alpha value is -0.610. The minimum absolute atomic E-state index is 0.142. The van der Waals surface area contributed by atoms with Crippen LogP contribution in [0.25, 0.3) is 0 Å². The van der Waals surface area contributed by atoms with E-state index in [0.29, 0.717) is 19.2 Å². The third kappa shape index (κ3) is 3.64. The Labute approximate surface area is 85.4 Å². The van der Waals surface area contributed by atoms with Gasteiger partial charge >= 0.3 is 0 Å². The van der Waals surface area contributed by atoms with Crippen molar-refractivity contribution in [3.8, 4) is 0 Å². The van der Waals surface area contributed by atoms with Gasteiger partial charge in [-0.25, -0.2) is 0 Å². The van der Waals surface area contributed by atoms with Crippen LogP contribution in [0.3, 0.4) is 0 Å². The summed E-state index contributed by atoms with van der Waals surface area (Å²) in [6, 6.07) is 0.554. The van der Waals surface area contributed by atoms with Crippen molar-refractivity contribution in [2.75, 3.05) is 26.8 Å². The highest BCUT2D eigenvalue weighted by atomic mass is 16.5. The zero-order valence-electron chi connectivity index (χ0n) is 9.01. The van der Waals surface area contributed by atoms with E-state index in [0.717, 1.165) is 19.4 Å². The van der Waals surface area contributed by atoms with E-state index in [1.807, 2.05) is 0 Å². The lowest BCUT2D eigenvalue weighted by Gasteiger charge is -2.26. The molecule has 0 radical (unpaired) electrons. The first-order chi connectivity index (χ1) is 6.74. The molecule has 1 fully saturated rings. The van der Waals surface area contributed by atoms with Gasteiger partial charge in [-0.3, -0.25) is 4.79 Å². The van der Waals surface area contributed by atoms with Crippen LogP contribution in [0.5, 0.6) is 0 Å². The molecule has 0 unspecified atom stereocenters. The van der Waals surface area contributed by atoms with Crippen molar-refractivity contribution in [1.82, 2.24) is 10.6 Å². The summed E-state index contributed by atoms with van der Waals surface area (Å²) < 4.78 is 4.87. The molecule has 14 heavy (non-hydrogen) atoms. The molecular formula is C10H20N2O2. The lowest BCUT2D eigenvalue weighted by atomic mass is 9.95. The first-order valence-corrected chi connectivity index (χ1v) is 5.24. The SMILES string of the molecule is COCCNC(=O)[C@@H]1CC[C@@H](C)NC1. The average Bonchev–Trinajstić information content (AvgIpc) is 2.19. The zero-order valence-corrected chi connectivity index (χ0v) is 9.01. The van der Waals surface area contributed by atoms with Crippen molar-refractivity contribution in [1.29, 1.82) is 0 Å². The molecule has 1 aliphatic rings. The van der Waals surface area contributed by atoms with Crippen LogP contribution in [0.4, 0.5) is 0 Å². The van der Waals surface area contributed by atoms with Gasteiger partial charge in [0.05, 0.1) is 12.5 Å². The highest BCUT2D eigenvalue weighted by molar-refractivity contribution is 5.78. The molecule has 2 N–H and O–H groups in total. The third-order valence-electron chi connectivity index (χ3n) is 2.64. The summed E-state index contributed by atoms with van der Waals surface area (Å²) in [6.45, 7) is 4.16. The summed E-state index contributed by atoms with van der Waals surface area (Å²) >= 11 is 0. The molecule has 4 nitrogen and oxygen atoms in total. The smallest absolute Gasteiger partial charge is 0.224 e. The Morgan fingerprint density at radius 1 is 1.57 bits per heavy atom. The van der Waals surface area contributed by atoms with Crippen molar-refractivity contribution < 1.29 is 9.53 Å². The first-order valence-electron chi connectivity index (χ1n) is 5.24. The fraction of sp³-hybridized carbons (Fsp3) is 0.900. The van der Waals surface area contributed by atoms with Crippen LogP contribution in [0.2, 0.25) is 0 Å². The van der Waals surface area contributed by atoms with Crippen LogP contribution in [-0.4, -0.2) is 38.8 Å². The van der Waals surface area contributed by atoms with E-state index < -0.39 is 0 Å². The Kier molecular flexibility index (Phi) is 4.90. The van der Waals surface area contributed by atoms with E-state index in [2.05, 4.69) is 17.6 Å². The molecule has 2 atom stereocenters. The molecule has 0 spiro atoms. The second kappa shape index (κ2) is 5.98. The van der Waals surface area contributed by atoms with Crippen molar-refractivity contribution in [3.63, 3.8) is 0 Å². The van der Waals surface area contributed by atoms with E-state index in [4.69, 9.17) is 4.74 Å². The van der Waals surface area contributed by atoms with Crippen LogP contribution in [0.15, 0.2) is 0 Å². The van der Waals surface area contributed by atoms with Gasteiger partial charge < -0.3 is 15.4 Å². The van der Waals surface area contributed by atoms with Gasteiger partial charge in [0.25, 0.3) is 0 Å².